The fourth-order valence-corrected chi connectivity index (χ4v) is 2.07. The Morgan fingerprint density at radius 2 is 1.70 bits per heavy atom. The predicted molar refractivity (Wildman–Crippen MR) is 80.9 cm³/mol. The van der Waals surface area contributed by atoms with Gasteiger partial charge in [0.25, 0.3) is 0 Å². The average Bonchev–Trinajstić information content (AvgIpc) is 2.84. The summed E-state index contributed by atoms with van der Waals surface area (Å²) in [5, 5.41) is 3.33. The highest BCUT2D eigenvalue weighted by atomic mass is 16.5. The SMILES string of the molecule is Cc1cccc(C)c1OCc1ccc(CNC(C)C)o1. The normalized spacial score (nSPS) is 11.1. The lowest BCUT2D eigenvalue weighted by Gasteiger charge is -2.10. The first kappa shape index (κ1) is 14.7. The Bertz CT molecular complexity index is 538. The van der Waals surface area contributed by atoms with Crippen LogP contribution in [0.1, 0.15) is 36.5 Å². The largest absolute Gasteiger partial charge is 0.485 e. The highest BCUT2D eigenvalue weighted by Gasteiger charge is 2.07. The monoisotopic (exact) mass is 273 g/mol. The molecule has 2 rings (SSSR count). The van der Waals surface area contributed by atoms with E-state index < -0.39 is 0 Å². The maximum absolute atomic E-state index is 5.88. The van der Waals surface area contributed by atoms with Crippen LogP contribution in [0.15, 0.2) is 34.7 Å². The van der Waals surface area contributed by atoms with E-state index in [0.29, 0.717) is 12.6 Å². The highest BCUT2D eigenvalue weighted by molar-refractivity contribution is 5.39. The van der Waals surface area contributed by atoms with Gasteiger partial charge in [-0.05, 0) is 37.1 Å². The first-order chi connectivity index (χ1) is 9.56. The van der Waals surface area contributed by atoms with Gasteiger partial charge in [0.15, 0.2) is 0 Å². The van der Waals surface area contributed by atoms with Crippen LogP contribution in [0.5, 0.6) is 5.75 Å². The van der Waals surface area contributed by atoms with Crippen molar-refractivity contribution in [3.8, 4) is 5.75 Å². The van der Waals surface area contributed by atoms with Gasteiger partial charge in [0, 0.05) is 6.04 Å². The summed E-state index contributed by atoms with van der Waals surface area (Å²) in [6.07, 6.45) is 0. The van der Waals surface area contributed by atoms with Crippen molar-refractivity contribution in [3.05, 3.63) is 53.0 Å². The third-order valence-electron chi connectivity index (χ3n) is 3.17. The second kappa shape index (κ2) is 6.62. The third-order valence-corrected chi connectivity index (χ3v) is 3.17. The zero-order chi connectivity index (χ0) is 14.5. The summed E-state index contributed by atoms with van der Waals surface area (Å²) in [4.78, 5) is 0. The van der Waals surface area contributed by atoms with Crippen molar-refractivity contribution in [1.82, 2.24) is 5.32 Å². The van der Waals surface area contributed by atoms with Crippen molar-refractivity contribution in [3.63, 3.8) is 0 Å². The van der Waals surface area contributed by atoms with Crippen LogP contribution in [-0.4, -0.2) is 6.04 Å². The smallest absolute Gasteiger partial charge is 0.146 e. The minimum absolute atomic E-state index is 0.453. The van der Waals surface area contributed by atoms with E-state index in [9.17, 15) is 0 Å². The molecule has 2 aromatic rings. The van der Waals surface area contributed by atoms with E-state index in [4.69, 9.17) is 9.15 Å². The number of benzene rings is 1. The molecule has 3 heteroatoms. The van der Waals surface area contributed by atoms with E-state index in [1.807, 2.05) is 18.2 Å². The molecule has 0 aliphatic heterocycles. The fourth-order valence-electron chi connectivity index (χ4n) is 2.07. The first-order valence-electron chi connectivity index (χ1n) is 7.06. The zero-order valence-corrected chi connectivity index (χ0v) is 12.7. The quantitative estimate of drug-likeness (QED) is 0.864. The number of aryl methyl sites for hydroxylation is 2. The van der Waals surface area contributed by atoms with Crippen molar-refractivity contribution >= 4 is 0 Å². The van der Waals surface area contributed by atoms with Gasteiger partial charge in [-0.3, -0.25) is 0 Å². The minimum atomic E-state index is 0.453. The van der Waals surface area contributed by atoms with E-state index in [0.717, 1.165) is 34.9 Å². The molecule has 0 radical (unpaired) electrons. The molecule has 0 amide bonds. The van der Waals surface area contributed by atoms with Gasteiger partial charge < -0.3 is 14.5 Å². The van der Waals surface area contributed by atoms with Gasteiger partial charge in [0.05, 0.1) is 6.54 Å². The number of hydrogen-bond donors (Lipinski definition) is 1. The number of nitrogens with one attached hydrogen (secondary N) is 1. The van der Waals surface area contributed by atoms with Gasteiger partial charge in [-0.15, -0.1) is 0 Å². The molecule has 0 atom stereocenters. The number of furan rings is 1. The second-order valence-corrected chi connectivity index (χ2v) is 5.41. The van der Waals surface area contributed by atoms with Gasteiger partial charge in [0.1, 0.15) is 23.9 Å². The van der Waals surface area contributed by atoms with E-state index in [2.05, 4.69) is 45.1 Å². The first-order valence-corrected chi connectivity index (χ1v) is 7.06. The van der Waals surface area contributed by atoms with Crippen LogP contribution < -0.4 is 10.1 Å². The number of ether oxygens (including phenoxy) is 1. The van der Waals surface area contributed by atoms with Gasteiger partial charge in [0.2, 0.25) is 0 Å². The van der Waals surface area contributed by atoms with Gasteiger partial charge in [-0.25, -0.2) is 0 Å². The summed E-state index contributed by atoms with van der Waals surface area (Å²) >= 11 is 0. The Morgan fingerprint density at radius 3 is 2.35 bits per heavy atom. The van der Waals surface area contributed by atoms with Crippen molar-refractivity contribution < 1.29 is 9.15 Å². The summed E-state index contributed by atoms with van der Waals surface area (Å²) in [7, 11) is 0. The molecule has 1 aromatic heterocycles. The molecular weight excluding hydrogens is 250 g/mol. The van der Waals surface area contributed by atoms with Crippen molar-refractivity contribution in [1.29, 1.82) is 0 Å². The molecule has 0 aliphatic rings. The minimum Gasteiger partial charge on any atom is -0.485 e. The topological polar surface area (TPSA) is 34.4 Å². The summed E-state index contributed by atoms with van der Waals surface area (Å²) in [6.45, 7) is 9.57. The Kier molecular flexibility index (Phi) is 4.85. The molecule has 108 valence electrons. The number of rotatable bonds is 6. The molecule has 3 nitrogen and oxygen atoms in total. The van der Waals surface area contributed by atoms with Crippen LogP contribution in [0.25, 0.3) is 0 Å². The molecule has 0 saturated carbocycles. The molecule has 0 unspecified atom stereocenters. The zero-order valence-electron chi connectivity index (χ0n) is 12.7. The van der Waals surface area contributed by atoms with Crippen LogP contribution in [0, 0.1) is 13.8 Å². The summed E-state index contributed by atoms with van der Waals surface area (Å²) in [6, 6.07) is 10.6. The van der Waals surface area contributed by atoms with E-state index in [1.165, 1.54) is 0 Å². The van der Waals surface area contributed by atoms with Crippen molar-refractivity contribution in [2.45, 2.75) is 46.9 Å². The summed E-state index contributed by atoms with van der Waals surface area (Å²) < 4.78 is 11.6. The van der Waals surface area contributed by atoms with Crippen LogP contribution in [0.2, 0.25) is 0 Å². The van der Waals surface area contributed by atoms with Crippen molar-refractivity contribution in [2.75, 3.05) is 0 Å². The Labute approximate surface area is 121 Å². The lowest BCUT2D eigenvalue weighted by atomic mass is 10.1. The molecule has 1 heterocycles. The molecule has 0 bridgehead atoms. The van der Waals surface area contributed by atoms with Crippen LogP contribution >= 0.6 is 0 Å². The summed E-state index contributed by atoms with van der Waals surface area (Å²) in [5.41, 5.74) is 2.30. The number of para-hydroxylation sites is 1. The molecule has 1 aromatic carbocycles. The molecule has 0 saturated heterocycles. The molecule has 1 N–H and O–H groups in total. The maximum Gasteiger partial charge on any atom is 0.146 e. The predicted octanol–water partition coefficient (Wildman–Crippen LogP) is 3.97. The van der Waals surface area contributed by atoms with E-state index in [1.54, 1.807) is 0 Å². The van der Waals surface area contributed by atoms with Gasteiger partial charge in [-0.2, -0.15) is 0 Å². The van der Waals surface area contributed by atoms with Gasteiger partial charge in [-0.1, -0.05) is 32.0 Å². The lowest BCUT2D eigenvalue weighted by molar-refractivity contribution is 0.261. The van der Waals surface area contributed by atoms with E-state index >= 15 is 0 Å². The summed E-state index contributed by atoms with van der Waals surface area (Å²) in [5.74, 6) is 2.75. The second-order valence-electron chi connectivity index (χ2n) is 5.41. The maximum atomic E-state index is 5.88. The van der Waals surface area contributed by atoms with Crippen LogP contribution in [-0.2, 0) is 13.2 Å². The Hall–Kier alpha value is -1.74. The molecule has 0 aliphatic carbocycles. The van der Waals surface area contributed by atoms with Crippen molar-refractivity contribution in [2.24, 2.45) is 0 Å². The van der Waals surface area contributed by atoms with Crippen LogP contribution in [0.3, 0.4) is 0 Å². The van der Waals surface area contributed by atoms with Crippen LogP contribution in [0.4, 0.5) is 0 Å². The standard InChI is InChI=1S/C17H23NO2/c1-12(2)18-10-15-8-9-16(20-15)11-19-17-13(3)6-5-7-14(17)4/h5-9,12,18H,10-11H2,1-4H3. The molecule has 0 fully saturated rings. The molecular formula is C17H23NO2. The third kappa shape index (κ3) is 3.87. The Morgan fingerprint density at radius 1 is 1.05 bits per heavy atom. The fraction of sp³-hybridized carbons (Fsp3) is 0.412. The molecule has 0 spiro atoms. The lowest BCUT2D eigenvalue weighted by Crippen LogP contribution is -2.21. The molecule has 20 heavy (non-hydrogen) atoms. The average molecular weight is 273 g/mol. The van der Waals surface area contributed by atoms with E-state index in [-0.39, 0.29) is 0 Å². The Balaban J connectivity index is 1.94. The number of hydrogen-bond acceptors (Lipinski definition) is 3. The highest BCUT2D eigenvalue weighted by Crippen LogP contribution is 2.23. The van der Waals surface area contributed by atoms with Gasteiger partial charge >= 0.3 is 0 Å².